The molecule has 1 saturated carbocycles. The number of hydrogen-bond acceptors (Lipinski definition) is 5. The van der Waals surface area contributed by atoms with E-state index in [1.54, 1.807) is 13.2 Å². The lowest BCUT2D eigenvalue weighted by atomic mass is 9.63. The van der Waals surface area contributed by atoms with Crippen LogP contribution >= 0.6 is 27.5 Å². The van der Waals surface area contributed by atoms with Crippen molar-refractivity contribution in [2.75, 3.05) is 7.11 Å². The molecule has 2 aromatic rings. The van der Waals surface area contributed by atoms with Crippen molar-refractivity contribution in [1.82, 2.24) is 5.01 Å². The van der Waals surface area contributed by atoms with Gasteiger partial charge in [0.05, 0.1) is 29.6 Å². The number of hydrogen-bond donors (Lipinski definition) is 0. The molecule has 1 saturated heterocycles. The predicted octanol–water partition coefficient (Wildman–Crippen LogP) is 5.22. The Labute approximate surface area is 205 Å². The third-order valence-electron chi connectivity index (χ3n) is 6.61. The zero-order valence-corrected chi connectivity index (χ0v) is 20.3. The summed E-state index contributed by atoms with van der Waals surface area (Å²) in [5.41, 5.74) is 1.64. The number of ether oxygens (including phenoxy) is 2. The van der Waals surface area contributed by atoms with Crippen LogP contribution in [0.15, 0.2) is 58.1 Å². The molecule has 0 unspecified atom stereocenters. The second-order valence-electron chi connectivity index (χ2n) is 8.52. The molecule has 0 spiro atoms. The zero-order valence-electron chi connectivity index (χ0n) is 17.9. The van der Waals surface area contributed by atoms with Crippen LogP contribution in [-0.2, 0) is 16.2 Å². The molecule has 1 heterocycles. The van der Waals surface area contributed by atoms with Crippen LogP contribution in [0.5, 0.6) is 11.5 Å². The van der Waals surface area contributed by atoms with E-state index in [2.05, 4.69) is 33.2 Å². The molecule has 8 heteroatoms. The highest BCUT2D eigenvalue weighted by molar-refractivity contribution is 9.10. The molecule has 2 amide bonds. The summed E-state index contributed by atoms with van der Waals surface area (Å²) < 4.78 is 12.1. The number of halogens is 2. The van der Waals surface area contributed by atoms with Crippen LogP contribution in [0, 0.1) is 23.7 Å². The van der Waals surface area contributed by atoms with E-state index in [1.165, 1.54) is 6.21 Å². The summed E-state index contributed by atoms with van der Waals surface area (Å²) in [5.74, 6) is 0.391. The summed E-state index contributed by atoms with van der Waals surface area (Å²) in [7, 11) is 1.55. The Morgan fingerprint density at radius 3 is 2.30 bits per heavy atom. The molecule has 4 atom stereocenters. The Hall–Kier alpha value is -2.64. The van der Waals surface area contributed by atoms with Crippen LogP contribution in [-0.4, -0.2) is 30.1 Å². The number of hydrazone groups is 1. The molecule has 33 heavy (non-hydrogen) atoms. The average Bonchev–Trinajstić information content (AvgIpc) is 3.10. The maximum atomic E-state index is 12.9. The van der Waals surface area contributed by atoms with Crippen molar-refractivity contribution in [3.05, 3.63) is 69.2 Å². The third kappa shape index (κ3) is 4.08. The number of imide groups is 1. The van der Waals surface area contributed by atoms with Crippen molar-refractivity contribution in [2.45, 2.75) is 19.4 Å². The van der Waals surface area contributed by atoms with Crippen LogP contribution < -0.4 is 9.47 Å². The summed E-state index contributed by atoms with van der Waals surface area (Å²) >= 11 is 9.47. The Bertz CT molecular complexity index is 1130. The summed E-state index contributed by atoms with van der Waals surface area (Å²) in [5, 5.41) is 6.00. The first-order valence-electron chi connectivity index (χ1n) is 10.8. The van der Waals surface area contributed by atoms with Gasteiger partial charge in [-0.05, 0) is 76.0 Å². The molecule has 6 nitrogen and oxygen atoms in total. The standard InChI is InChI=1S/C25H22BrClN2O4/c1-32-20-11-15(10-19(26)23(20)33-13-14-2-8-18(27)9-3-14)12-28-29-24(30)21-16-4-5-17(7-6-16)22(21)25(29)31/h2-5,8-12,16-17,21-22H,6-7,13H2,1H3/b28-12-/t16-,17+,21-,22-/m0/s1. The van der Waals surface area contributed by atoms with E-state index < -0.39 is 0 Å². The minimum atomic E-state index is -0.275. The molecule has 4 aliphatic rings. The van der Waals surface area contributed by atoms with Crippen molar-refractivity contribution >= 4 is 45.6 Å². The Morgan fingerprint density at radius 2 is 1.73 bits per heavy atom. The highest BCUT2D eigenvalue weighted by Gasteiger charge is 2.56. The number of carbonyl (C=O) groups is 2. The lowest BCUT2D eigenvalue weighted by molar-refractivity contribution is -0.140. The van der Waals surface area contributed by atoms with Gasteiger partial charge in [-0.1, -0.05) is 35.9 Å². The Balaban J connectivity index is 1.34. The van der Waals surface area contributed by atoms with Gasteiger partial charge in [-0.25, -0.2) is 0 Å². The van der Waals surface area contributed by atoms with E-state index in [0.717, 1.165) is 23.4 Å². The van der Waals surface area contributed by atoms with Crippen molar-refractivity contribution in [1.29, 1.82) is 0 Å². The lowest BCUT2D eigenvalue weighted by Gasteiger charge is -2.37. The van der Waals surface area contributed by atoms with Crippen LogP contribution in [0.1, 0.15) is 24.0 Å². The molecule has 2 fully saturated rings. The molecule has 2 bridgehead atoms. The molecule has 0 aromatic heterocycles. The zero-order chi connectivity index (χ0) is 23.1. The third-order valence-corrected chi connectivity index (χ3v) is 7.45. The van der Waals surface area contributed by atoms with Gasteiger partial charge in [0, 0.05) is 5.02 Å². The van der Waals surface area contributed by atoms with Crippen LogP contribution in [0.4, 0.5) is 0 Å². The Kier molecular flexibility index (Phi) is 6.01. The summed E-state index contributed by atoms with van der Waals surface area (Å²) in [6.07, 6.45) is 7.62. The second-order valence-corrected chi connectivity index (χ2v) is 9.81. The highest BCUT2D eigenvalue weighted by Crippen LogP contribution is 2.49. The van der Waals surface area contributed by atoms with Gasteiger partial charge < -0.3 is 9.47 Å². The molecule has 6 rings (SSSR count). The number of benzene rings is 2. The first kappa shape index (κ1) is 22.2. The molecule has 0 radical (unpaired) electrons. The van der Waals surface area contributed by atoms with Gasteiger partial charge in [0.1, 0.15) is 6.61 Å². The highest BCUT2D eigenvalue weighted by atomic mass is 79.9. The predicted molar refractivity (Wildman–Crippen MR) is 128 cm³/mol. The fourth-order valence-electron chi connectivity index (χ4n) is 4.99. The van der Waals surface area contributed by atoms with Gasteiger partial charge in [0.15, 0.2) is 11.5 Å². The number of amides is 2. The first-order chi connectivity index (χ1) is 16.0. The largest absolute Gasteiger partial charge is 0.493 e. The summed E-state index contributed by atoms with van der Waals surface area (Å²) in [6, 6.07) is 11.0. The second kappa shape index (κ2) is 8.95. The molecule has 0 N–H and O–H groups in total. The van der Waals surface area contributed by atoms with Gasteiger partial charge in [0.2, 0.25) is 0 Å². The van der Waals surface area contributed by atoms with E-state index in [9.17, 15) is 9.59 Å². The van der Waals surface area contributed by atoms with Crippen LogP contribution in [0.25, 0.3) is 0 Å². The van der Waals surface area contributed by atoms with E-state index in [1.807, 2.05) is 30.3 Å². The van der Waals surface area contributed by atoms with Gasteiger partial charge in [-0.3, -0.25) is 9.59 Å². The number of allylic oxidation sites excluding steroid dienone is 2. The van der Waals surface area contributed by atoms with E-state index in [4.69, 9.17) is 21.1 Å². The number of rotatable bonds is 6. The fourth-order valence-corrected chi connectivity index (χ4v) is 5.69. The van der Waals surface area contributed by atoms with Gasteiger partial charge in [-0.2, -0.15) is 10.1 Å². The number of fused-ring (bicyclic) bond motifs is 1. The molecule has 170 valence electrons. The minimum Gasteiger partial charge on any atom is -0.493 e. The maximum absolute atomic E-state index is 12.9. The SMILES string of the molecule is COc1cc(/C=N\N2C(=O)[C@@H]3[C@@H](C2=O)[C@H]2C=C[C@@H]3CC2)cc(Br)c1OCc1ccc(Cl)cc1. The fraction of sp³-hybridized carbons (Fsp3) is 0.320. The van der Waals surface area contributed by atoms with Crippen LogP contribution in [0.2, 0.25) is 5.02 Å². The number of methoxy groups -OCH3 is 1. The number of carbonyl (C=O) groups excluding carboxylic acids is 2. The average molecular weight is 530 g/mol. The molecule has 1 aliphatic heterocycles. The van der Waals surface area contributed by atoms with E-state index in [-0.39, 0.29) is 35.5 Å². The number of nitrogens with zero attached hydrogens (tertiary/aromatic N) is 2. The smallest absolute Gasteiger partial charge is 0.254 e. The monoisotopic (exact) mass is 528 g/mol. The summed E-state index contributed by atoms with van der Waals surface area (Å²) in [6.45, 7) is 0.343. The van der Waals surface area contributed by atoms with Gasteiger partial charge in [-0.15, -0.1) is 0 Å². The summed E-state index contributed by atoms with van der Waals surface area (Å²) in [4.78, 5) is 25.9. The molecule has 2 aromatic carbocycles. The van der Waals surface area contributed by atoms with E-state index in [0.29, 0.717) is 33.2 Å². The molecule has 3 aliphatic carbocycles. The molecular weight excluding hydrogens is 508 g/mol. The topological polar surface area (TPSA) is 68.2 Å². The van der Waals surface area contributed by atoms with Gasteiger partial charge in [0.25, 0.3) is 11.8 Å². The normalized spacial score (nSPS) is 25.7. The van der Waals surface area contributed by atoms with Gasteiger partial charge >= 0.3 is 0 Å². The lowest BCUT2D eigenvalue weighted by Crippen LogP contribution is -2.38. The maximum Gasteiger partial charge on any atom is 0.254 e. The van der Waals surface area contributed by atoms with Crippen LogP contribution in [0.3, 0.4) is 0 Å². The van der Waals surface area contributed by atoms with E-state index >= 15 is 0 Å². The quantitative estimate of drug-likeness (QED) is 0.292. The first-order valence-corrected chi connectivity index (χ1v) is 12.0. The van der Waals surface area contributed by atoms with Crippen molar-refractivity contribution < 1.29 is 19.1 Å². The minimum absolute atomic E-state index is 0.142. The van der Waals surface area contributed by atoms with Crippen molar-refractivity contribution in [2.24, 2.45) is 28.8 Å². The Morgan fingerprint density at radius 1 is 1.09 bits per heavy atom. The molecular formula is C25H22BrClN2O4. The van der Waals surface area contributed by atoms with Crippen molar-refractivity contribution in [3.63, 3.8) is 0 Å². The van der Waals surface area contributed by atoms with Crippen molar-refractivity contribution in [3.8, 4) is 11.5 Å².